The lowest BCUT2D eigenvalue weighted by Crippen LogP contribution is -2.38. The highest BCUT2D eigenvalue weighted by molar-refractivity contribution is 5.81. The maximum atomic E-state index is 12.4. The fraction of sp³-hybridized carbons (Fsp3) is 0.600. The molecule has 2 heterocycles. The summed E-state index contributed by atoms with van der Waals surface area (Å²) in [5.74, 6) is -0.445. The zero-order valence-electron chi connectivity index (χ0n) is 9.04. The summed E-state index contributed by atoms with van der Waals surface area (Å²) in [4.78, 5) is 15.2. The molecular weight excluding hydrogens is 237 g/mol. The molecule has 1 saturated heterocycles. The molecule has 7 heteroatoms. The SMILES string of the molecule is Cc1cnc(CC2CC(C(F)(F)F)NC2=O)o1. The van der Waals surface area contributed by atoms with Gasteiger partial charge in [-0.15, -0.1) is 0 Å². The Balaban J connectivity index is 2.02. The van der Waals surface area contributed by atoms with E-state index < -0.39 is 24.0 Å². The van der Waals surface area contributed by atoms with E-state index in [4.69, 9.17) is 4.42 Å². The van der Waals surface area contributed by atoms with E-state index in [1.54, 1.807) is 6.92 Å². The number of carbonyl (C=O) groups is 1. The van der Waals surface area contributed by atoms with E-state index in [9.17, 15) is 18.0 Å². The summed E-state index contributed by atoms with van der Waals surface area (Å²) in [7, 11) is 0. The molecule has 1 N–H and O–H groups in total. The van der Waals surface area contributed by atoms with E-state index in [1.807, 2.05) is 5.32 Å². The third kappa shape index (κ3) is 2.59. The second-order valence-electron chi connectivity index (χ2n) is 4.10. The van der Waals surface area contributed by atoms with Gasteiger partial charge in [0.1, 0.15) is 11.8 Å². The number of nitrogens with zero attached hydrogens (tertiary/aromatic N) is 1. The van der Waals surface area contributed by atoms with Crippen molar-refractivity contribution >= 4 is 5.91 Å². The Kier molecular flexibility index (Phi) is 2.84. The molecule has 4 nitrogen and oxygen atoms in total. The van der Waals surface area contributed by atoms with Gasteiger partial charge in [0.05, 0.1) is 6.20 Å². The van der Waals surface area contributed by atoms with Gasteiger partial charge >= 0.3 is 6.18 Å². The van der Waals surface area contributed by atoms with Gasteiger partial charge in [-0.3, -0.25) is 4.79 Å². The highest BCUT2D eigenvalue weighted by Gasteiger charge is 2.47. The molecule has 17 heavy (non-hydrogen) atoms. The van der Waals surface area contributed by atoms with Gasteiger partial charge in [-0.1, -0.05) is 0 Å². The Bertz CT molecular complexity index is 427. The standard InChI is InChI=1S/C10H11F3N2O2/c1-5-4-14-8(17-5)3-6-2-7(10(11,12)13)15-9(6)16/h4,6-7H,2-3H2,1H3,(H,15,16). The third-order valence-electron chi connectivity index (χ3n) is 2.69. The fourth-order valence-corrected chi connectivity index (χ4v) is 1.84. The summed E-state index contributed by atoms with van der Waals surface area (Å²) in [6.45, 7) is 1.68. The van der Waals surface area contributed by atoms with Crippen LogP contribution >= 0.6 is 0 Å². The Hall–Kier alpha value is -1.53. The first kappa shape index (κ1) is 11.9. The highest BCUT2D eigenvalue weighted by atomic mass is 19.4. The van der Waals surface area contributed by atoms with E-state index in [0.717, 1.165) is 0 Å². The van der Waals surface area contributed by atoms with E-state index in [1.165, 1.54) is 6.20 Å². The zero-order valence-corrected chi connectivity index (χ0v) is 9.04. The van der Waals surface area contributed by atoms with Gasteiger partial charge in [0.25, 0.3) is 0 Å². The van der Waals surface area contributed by atoms with Crippen molar-refractivity contribution in [3.8, 4) is 0 Å². The molecule has 1 aromatic rings. The molecule has 2 rings (SSSR count). The summed E-state index contributed by atoms with van der Waals surface area (Å²) < 4.78 is 42.3. The molecule has 1 aliphatic rings. The molecule has 0 radical (unpaired) electrons. The molecule has 1 aromatic heterocycles. The third-order valence-corrected chi connectivity index (χ3v) is 2.69. The van der Waals surface area contributed by atoms with Gasteiger partial charge in [0, 0.05) is 12.3 Å². The van der Waals surface area contributed by atoms with Crippen molar-refractivity contribution in [1.82, 2.24) is 10.3 Å². The summed E-state index contributed by atoms with van der Waals surface area (Å²) in [6, 6.07) is -1.75. The second-order valence-corrected chi connectivity index (χ2v) is 4.10. The van der Waals surface area contributed by atoms with E-state index >= 15 is 0 Å². The molecular formula is C10H11F3N2O2. The van der Waals surface area contributed by atoms with E-state index in [-0.39, 0.29) is 12.8 Å². The number of hydrogen-bond donors (Lipinski definition) is 1. The second kappa shape index (κ2) is 4.05. The summed E-state index contributed by atoms with van der Waals surface area (Å²) in [6.07, 6.45) is -3.07. The maximum Gasteiger partial charge on any atom is 0.408 e. The van der Waals surface area contributed by atoms with Crippen LogP contribution in [0.3, 0.4) is 0 Å². The van der Waals surface area contributed by atoms with Crippen LogP contribution in [0.4, 0.5) is 13.2 Å². The Labute approximate surface area is 95.2 Å². The van der Waals surface area contributed by atoms with Crippen LogP contribution in [0.15, 0.2) is 10.6 Å². The predicted octanol–water partition coefficient (Wildman–Crippen LogP) is 1.59. The smallest absolute Gasteiger partial charge is 0.408 e. The summed E-state index contributed by atoms with van der Waals surface area (Å²) in [5, 5.41) is 1.94. The van der Waals surface area contributed by atoms with Crippen LogP contribution in [0.5, 0.6) is 0 Å². The lowest BCUT2D eigenvalue weighted by atomic mass is 10.0. The number of aromatic nitrogens is 1. The fourth-order valence-electron chi connectivity index (χ4n) is 1.84. The van der Waals surface area contributed by atoms with Gasteiger partial charge in [-0.2, -0.15) is 13.2 Å². The lowest BCUT2D eigenvalue weighted by molar-refractivity contribution is -0.154. The monoisotopic (exact) mass is 248 g/mol. The molecule has 0 saturated carbocycles. The van der Waals surface area contributed by atoms with Gasteiger partial charge in [0.2, 0.25) is 5.91 Å². The van der Waals surface area contributed by atoms with Crippen LogP contribution in [0, 0.1) is 12.8 Å². The number of amides is 1. The maximum absolute atomic E-state index is 12.4. The summed E-state index contributed by atoms with van der Waals surface area (Å²) >= 11 is 0. The van der Waals surface area contributed by atoms with Crippen molar-refractivity contribution in [2.45, 2.75) is 32.0 Å². The van der Waals surface area contributed by atoms with E-state index in [2.05, 4.69) is 4.98 Å². The first-order chi connectivity index (χ1) is 7.86. The van der Waals surface area contributed by atoms with Crippen molar-refractivity contribution < 1.29 is 22.4 Å². The van der Waals surface area contributed by atoms with Crippen LogP contribution in [0.25, 0.3) is 0 Å². The van der Waals surface area contributed by atoms with Gasteiger partial charge in [-0.25, -0.2) is 4.98 Å². The van der Waals surface area contributed by atoms with Crippen molar-refractivity contribution in [3.05, 3.63) is 17.8 Å². The quantitative estimate of drug-likeness (QED) is 0.864. The van der Waals surface area contributed by atoms with Gasteiger partial charge < -0.3 is 9.73 Å². The number of aryl methyl sites for hydroxylation is 1. The van der Waals surface area contributed by atoms with Crippen LogP contribution < -0.4 is 5.32 Å². The molecule has 1 amide bonds. The van der Waals surface area contributed by atoms with Crippen LogP contribution in [0.1, 0.15) is 18.1 Å². The largest absolute Gasteiger partial charge is 0.446 e. The molecule has 0 spiro atoms. The van der Waals surface area contributed by atoms with Crippen molar-refractivity contribution in [3.63, 3.8) is 0 Å². The molecule has 0 bridgehead atoms. The summed E-state index contributed by atoms with van der Waals surface area (Å²) in [5.41, 5.74) is 0. The number of hydrogen-bond acceptors (Lipinski definition) is 3. The molecule has 0 aromatic carbocycles. The zero-order chi connectivity index (χ0) is 12.6. The molecule has 1 aliphatic heterocycles. The molecule has 2 atom stereocenters. The Morgan fingerprint density at radius 3 is 2.76 bits per heavy atom. The average Bonchev–Trinajstić information content (AvgIpc) is 2.74. The predicted molar refractivity (Wildman–Crippen MR) is 51.0 cm³/mol. The molecule has 2 unspecified atom stereocenters. The minimum Gasteiger partial charge on any atom is -0.446 e. The first-order valence-corrected chi connectivity index (χ1v) is 5.14. The first-order valence-electron chi connectivity index (χ1n) is 5.14. The van der Waals surface area contributed by atoms with Gasteiger partial charge in [-0.05, 0) is 13.3 Å². The van der Waals surface area contributed by atoms with Gasteiger partial charge in [0.15, 0.2) is 5.89 Å². The average molecular weight is 248 g/mol. The molecule has 94 valence electrons. The van der Waals surface area contributed by atoms with Crippen LogP contribution in [-0.4, -0.2) is 23.1 Å². The van der Waals surface area contributed by atoms with Crippen LogP contribution in [-0.2, 0) is 11.2 Å². The Morgan fingerprint density at radius 1 is 1.59 bits per heavy atom. The number of rotatable bonds is 2. The van der Waals surface area contributed by atoms with E-state index in [0.29, 0.717) is 11.7 Å². The Morgan fingerprint density at radius 2 is 2.29 bits per heavy atom. The number of oxazole rings is 1. The van der Waals surface area contributed by atoms with Crippen molar-refractivity contribution in [2.24, 2.45) is 5.92 Å². The van der Waals surface area contributed by atoms with Crippen LogP contribution in [0.2, 0.25) is 0 Å². The van der Waals surface area contributed by atoms with Crippen molar-refractivity contribution in [1.29, 1.82) is 0 Å². The normalized spacial score (nSPS) is 25.1. The number of halogens is 3. The lowest BCUT2D eigenvalue weighted by Gasteiger charge is -2.13. The number of carbonyl (C=O) groups excluding carboxylic acids is 1. The number of alkyl halides is 3. The topological polar surface area (TPSA) is 55.1 Å². The highest BCUT2D eigenvalue weighted by Crippen LogP contribution is 2.31. The minimum atomic E-state index is -4.39. The number of nitrogens with one attached hydrogen (secondary N) is 1. The van der Waals surface area contributed by atoms with Crippen molar-refractivity contribution in [2.75, 3.05) is 0 Å². The molecule has 1 fully saturated rings. The molecule has 0 aliphatic carbocycles. The minimum absolute atomic E-state index is 0.103.